The van der Waals surface area contributed by atoms with Crippen LogP contribution in [0, 0.1) is 35.0 Å². The zero-order chi connectivity index (χ0) is 17.1. The second-order valence-electron chi connectivity index (χ2n) is 8.40. The number of piperidine rings is 1. The summed E-state index contributed by atoms with van der Waals surface area (Å²) in [7, 11) is 0. The highest BCUT2D eigenvalue weighted by atomic mass is 16.5. The van der Waals surface area contributed by atoms with Crippen LogP contribution in [0.1, 0.15) is 44.9 Å². The first-order chi connectivity index (χ1) is 12.3. The van der Waals surface area contributed by atoms with E-state index in [4.69, 9.17) is 10.00 Å². The summed E-state index contributed by atoms with van der Waals surface area (Å²) in [5.41, 5.74) is 7.28. The van der Waals surface area contributed by atoms with Gasteiger partial charge in [0.05, 0.1) is 18.3 Å². The SMILES string of the molecule is N#CC1CCC(C2NNC(NC[C@H]3CCCO3)C3CNCCC32)CC1. The fourth-order valence-electron chi connectivity index (χ4n) is 5.45. The van der Waals surface area contributed by atoms with Gasteiger partial charge in [0.2, 0.25) is 0 Å². The maximum absolute atomic E-state index is 9.15. The van der Waals surface area contributed by atoms with E-state index in [-0.39, 0.29) is 5.92 Å². The molecule has 3 saturated heterocycles. The minimum Gasteiger partial charge on any atom is -0.377 e. The fourth-order valence-corrected chi connectivity index (χ4v) is 5.45. The van der Waals surface area contributed by atoms with E-state index in [1.165, 1.54) is 32.1 Å². The molecule has 0 radical (unpaired) electrons. The summed E-state index contributed by atoms with van der Waals surface area (Å²) in [5, 5.41) is 16.5. The van der Waals surface area contributed by atoms with Crippen LogP contribution in [0.4, 0.5) is 0 Å². The van der Waals surface area contributed by atoms with Gasteiger partial charge in [-0.2, -0.15) is 5.26 Å². The predicted octanol–water partition coefficient (Wildman–Crippen LogP) is 1.11. The monoisotopic (exact) mass is 347 g/mol. The van der Waals surface area contributed by atoms with Gasteiger partial charge in [0.15, 0.2) is 0 Å². The van der Waals surface area contributed by atoms with Crippen molar-refractivity contribution in [1.29, 1.82) is 5.26 Å². The quantitative estimate of drug-likeness (QED) is 0.610. The molecule has 6 heteroatoms. The van der Waals surface area contributed by atoms with Gasteiger partial charge in [0.1, 0.15) is 0 Å². The second kappa shape index (κ2) is 8.32. The molecule has 4 fully saturated rings. The second-order valence-corrected chi connectivity index (χ2v) is 8.40. The van der Waals surface area contributed by atoms with Crippen LogP contribution < -0.4 is 21.5 Å². The summed E-state index contributed by atoms with van der Waals surface area (Å²) in [6, 6.07) is 3.01. The zero-order valence-electron chi connectivity index (χ0n) is 15.2. The van der Waals surface area contributed by atoms with Crippen molar-refractivity contribution in [2.45, 2.75) is 63.3 Å². The third-order valence-electron chi connectivity index (χ3n) is 6.93. The highest BCUT2D eigenvalue weighted by Gasteiger charge is 2.44. The molecule has 4 aliphatic rings. The van der Waals surface area contributed by atoms with Crippen LogP contribution in [0.15, 0.2) is 0 Å². The number of ether oxygens (including phenoxy) is 1. The van der Waals surface area contributed by atoms with Crippen LogP contribution in [-0.2, 0) is 4.74 Å². The van der Waals surface area contributed by atoms with Gasteiger partial charge < -0.3 is 10.1 Å². The van der Waals surface area contributed by atoms with Crippen LogP contribution >= 0.6 is 0 Å². The van der Waals surface area contributed by atoms with Gasteiger partial charge in [-0.15, -0.1) is 0 Å². The van der Waals surface area contributed by atoms with Gasteiger partial charge in [-0.05, 0) is 63.3 Å². The molecule has 4 unspecified atom stereocenters. The fraction of sp³-hybridized carbons (Fsp3) is 0.947. The van der Waals surface area contributed by atoms with E-state index in [1.807, 2.05) is 0 Å². The lowest BCUT2D eigenvalue weighted by Crippen LogP contribution is -2.70. The summed E-state index contributed by atoms with van der Waals surface area (Å²) in [5.74, 6) is 2.34. The van der Waals surface area contributed by atoms with Crippen LogP contribution in [0.25, 0.3) is 0 Å². The lowest BCUT2D eigenvalue weighted by atomic mass is 9.69. The van der Waals surface area contributed by atoms with Gasteiger partial charge in [-0.1, -0.05) is 0 Å². The maximum Gasteiger partial charge on any atom is 0.0749 e. The van der Waals surface area contributed by atoms with Crippen LogP contribution in [0.5, 0.6) is 0 Å². The van der Waals surface area contributed by atoms with Crippen molar-refractivity contribution in [2.75, 3.05) is 26.2 Å². The number of nitrogens with one attached hydrogen (secondary N) is 4. The lowest BCUT2D eigenvalue weighted by Gasteiger charge is -2.50. The summed E-state index contributed by atoms with van der Waals surface area (Å²) < 4.78 is 5.76. The molecular formula is C19H33N5O. The third-order valence-corrected chi connectivity index (χ3v) is 6.93. The van der Waals surface area contributed by atoms with E-state index in [0.717, 1.165) is 39.1 Å². The molecule has 25 heavy (non-hydrogen) atoms. The standard InChI is InChI=1S/C19H33N5O/c20-10-13-3-5-14(6-4-13)18-16-7-8-21-12-17(16)19(24-23-18)22-11-15-2-1-9-25-15/h13-19,21-24H,1-9,11-12H2/t13?,14?,15-,16?,17?,18?,19?/m1/s1. The van der Waals surface area contributed by atoms with Crippen molar-refractivity contribution in [2.24, 2.45) is 23.7 Å². The number of nitriles is 1. The highest BCUT2D eigenvalue weighted by molar-refractivity contribution is 4.99. The van der Waals surface area contributed by atoms with Crippen molar-refractivity contribution >= 4 is 0 Å². The molecule has 0 aromatic rings. The Morgan fingerprint density at radius 2 is 1.92 bits per heavy atom. The molecule has 0 bridgehead atoms. The normalized spacial score (nSPS) is 44.8. The summed E-state index contributed by atoms with van der Waals surface area (Å²) >= 11 is 0. The summed E-state index contributed by atoms with van der Waals surface area (Å²) in [6.07, 6.45) is 8.88. The summed E-state index contributed by atoms with van der Waals surface area (Å²) in [4.78, 5) is 0. The average molecular weight is 348 g/mol. The molecule has 3 heterocycles. The Hall–Kier alpha value is -0.710. The zero-order valence-corrected chi connectivity index (χ0v) is 15.2. The Balaban J connectivity index is 1.35. The molecule has 0 aromatic heterocycles. The molecule has 5 atom stereocenters. The van der Waals surface area contributed by atoms with Crippen molar-refractivity contribution in [3.63, 3.8) is 0 Å². The molecule has 1 saturated carbocycles. The molecule has 4 N–H and O–H groups in total. The predicted molar refractivity (Wildman–Crippen MR) is 96.4 cm³/mol. The first-order valence-electron chi connectivity index (χ1n) is 10.3. The Labute approximate surface area is 151 Å². The number of hydrazine groups is 1. The van der Waals surface area contributed by atoms with Crippen molar-refractivity contribution in [1.82, 2.24) is 21.5 Å². The first kappa shape index (κ1) is 17.7. The molecule has 3 aliphatic heterocycles. The molecule has 1 aliphatic carbocycles. The number of fused-ring (bicyclic) bond motifs is 1. The van der Waals surface area contributed by atoms with E-state index >= 15 is 0 Å². The van der Waals surface area contributed by atoms with Crippen LogP contribution in [0.3, 0.4) is 0 Å². The number of hydrogen-bond donors (Lipinski definition) is 4. The number of hydrogen-bond acceptors (Lipinski definition) is 6. The lowest BCUT2D eigenvalue weighted by molar-refractivity contribution is 0.0230. The Morgan fingerprint density at radius 1 is 1.04 bits per heavy atom. The van der Waals surface area contributed by atoms with E-state index < -0.39 is 0 Å². The van der Waals surface area contributed by atoms with Gasteiger partial charge in [0.25, 0.3) is 0 Å². The van der Waals surface area contributed by atoms with Crippen molar-refractivity contribution in [3.8, 4) is 6.07 Å². The van der Waals surface area contributed by atoms with Gasteiger partial charge in [-0.25, -0.2) is 5.43 Å². The molecular weight excluding hydrogens is 314 g/mol. The average Bonchev–Trinajstić information content (AvgIpc) is 3.20. The van der Waals surface area contributed by atoms with Crippen molar-refractivity contribution in [3.05, 3.63) is 0 Å². The molecule has 0 amide bonds. The van der Waals surface area contributed by atoms with E-state index in [2.05, 4.69) is 27.6 Å². The minimum absolute atomic E-state index is 0.289. The van der Waals surface area contributed by atoms with Gasteiger partial charge >= 0.3 is 0 Å². The smallest absolute Gasteiger partial charge is 0.0749 e. The first-order valence-corrected chi connectivity index (χ1v) is 10.3. The molecule has 0 aromatic carbocycles. The van der Waals surface area contributed by atoms with E-state index in [0.29, 0.717) is 36.1 Å². The molecule has 6 nitrogen and oxygen atoms in total. The van der Waals surface area contributed by atoms with Crippen LogP contribution in [0.2, 0.25) is 0 Å². The Kier molecular flexibility index (Phi) is 5.89. The molecule has 4 rings (SSSR count). The third kappa shape index (κ3) is 4.01. The molecule has 140 valence electrons. The number of rotatable bonds is 4. The highest BCUT2D eigenvalue weighted by Crippen LogP contribution is 2.38. The van der Waals surface area contributed by atoms with E-state index in [1.54, 1.807) is 0 Å². The summed E-state index contributed by atoms with van der Waals surface area (Å²) in [6.45, 7) is 4.09. The van der Waals surface area contributed by atoms with Crippen LogP contribution in [-0.4, -0.2) is 44.6 Å². The van der Waals surface area contributed by atoms with Gasteiger partial charge in [0, 0.05) is 37.6 Å². The topological polar surface area (TPSA) is 81.1 Å². The Morgan fingerprint density at radius 3 is 2.68 bits per heavy atom. The van der Waals surface area contributed by atoms with Crippen molar-refractivity contribution < 1.29 is 4.74 Å². The molecule has 0 spiro atoms. The maximum atomic E-state index is 9.15. The largest absolute Gasteiger partial charge is 0.377 e. The minimum atomic E-state index is 0.289. The van der Waals surface area contributed by atoms with Gasteiger partial charge in [-0.3, -0.25) is 10.7 Å². The Bertz CT molecular complexity index is 467. The van der Waals surface area contributed by atoms with E-state index in [9.17, 15) is 0 Å². The number of nitrogens with zero attached hydrogens (tertiary/aromatic N) is 1.